The van der Waals surface area contributed by atoms with E-state index >= 15 is 0 Å². The number of rotatable bonds is 5. The molecule has 0 unspecified atom stereocenters. The number of nitrogens with zero attached hydrogens (tertiary/aromatic N) is 1. The molecule has 20 heavy (non-hydrogen) atoms. The molecule has 0 heterocycles. The van der Waals surface area contributed by atoms with Gasteiger partial charge in [-0.2, -0.15) is 0 Å². The first-order valence-corrected chi connectivity index (χ1v) is 6.49. The zero-order valence-electron chi connectivity index (χ0n) is 12.1. The summed E-state index contributed by atoms with van der Waals surface area (Å²) in [4.78, 5) is 24.6. The summed E-state index contributed by atoms with van der Waals surface area (Å²) in [5, 5.41) is 18.0. The van der Waals surface area contributed by atoms with Gasteiger partial charge >= 0.3 is 5.97 Å². The fourth-order valence-electron chi connectivity index (χ4n) is 1.83. The van der Waals surface area contributed by atoms with E-state index in [1.54, 1.807) is 12.1 Å². The van der Waals surface area contributed by atoms with Crippen molar-refractivity contribution >= 4 is 17.6 Å². The van der Waals surface area contributed by atoms with Crippen LogP contribution in [0.25, 0.3) is 0 Å². The van der Waals surface area contributed by atoms with Crippen molar-refractivity contribution in [3.63, 3.8) is 0 Å². The molecule has 1 aromatic carbocycles. The maximum atomic E-state index is 12.3. The summed E-state index contributed by atoms with van der Waals surface area (Å²) in [6.07, 6.45) is 0.355. The average Bonchev–Trinajstić information content (AvgIpc) is 2.34. The van der Waals surface area contributed by atoms with E-state index in [1.165, 1.54) is 17.0 Å². The third kappa shape index (κ3) is 4.66. The van der Waals surface area contributed by atoms with Crippen LogP contribution in [-0.4, -0.2) is 35.2 Å². The van der Waals surface area contributed by atoms with E-state index in [4.69, 9.17) is 10.2 Å². The van der Waals surface area contributed by atoms with E-state index in [2.05, 4.69) is 0 Å². The number of carboxylic acids is 1. The Morgan fingerprint density at radius 2 is 1.70 bits per heavy atom. The average molecular weight is 279 g/mol. The number of aromatic carboxylic acids is 1. The molecular weight excluding hydrogens is 258 g/mol. The molecule has 0 fully saturated rings. The first kappa shape index (κ1) is 16.2. The van der Waals surface area contributed by atoms with Crippen molar-refractivity contribution in [2.75, 3.05) is 18.1 Å². The molecule has 5 nitrogen and oxygen atoms in total. The highest BCUT2D eigenvalue weighted by atomic mass is 16.4. The zero-order chi connectivity index (χ0) is 15.3. The van der Waals surface area contributed by atoms with E-state index in [0.29, 0.717) is 12.1 Å². The summed E-state index contributed by atoms with van der Waals surface area (Å²) in [5.41, 5.74) is 0.616. The number of hydrogen-bond donors (Lipinski definition) is 2. The van der Waals surface area contributed by atoms with Crippen molar-refractivity contribution in [3.8, 4) is 0 Å². The van der Waals surface area contributed by atoms with Crippen LogP contribution in [0.3, 0.4) is 0 Å². The molecule has 0 spiro atoms. The molecule has 0 saturated carbocycles. The van der Waals surface area contributed by atoms with Crippen LogP contribution < -0.4 is 4.90 Å². The van der Waals surface area contributed by atoms with Gasteiger partial charge < -0.3 is 15.1 Å². The van der Waals surface area contributed by atoms with Crippen molar-refractivity contribution in [1.29, 1.82) is 0 Å². The van der Waals surface area contributed by atoms with Gasteiger partial charge in [0.05, 0.1) is 12.2 Å². The summed E-state index contributed by atoms with van der Waals surface area (Å²) >= 11 is 0. The second kappa shape index (κ2) is 6.52. The zero-order valence-corrected chi connectivity index (χ0v) is 12.1. The number of carboxylic acid groups (broad SMARTS) is 1. The molecule has 110 valence electrons. The predicted molar refractivity (Wildman–Crippen MR) is 76.9 cm³/mol. The van der Waals surface area contributed by atoms with Crippen LogP contribution in [0.1, 0.15) is 37.6 Å². The van der Waals surface area contributed by atoms with E-state index in [9.17, 15) is 9.59 Å². The van der Waals surface area contributed by atoms with Gasteiger partial charge in [-0.05, 0) is 29.7 Å². The minimum atomic E-state index is -1.01. The van der Waals surface area contributed by atoms with Crippen LogP contribution in [0, 0.1) is 5.41 Å². The monoisotopic (exact) mass is 279 g/mol. The van der Waals surface area contributed by atoms with Gasteiger partial charge in [0.15, 0.2) is 0 Å². The van der Waals surface area contributed by atoms with Crippen molar-refractivity contribution < 1.29 is 19.8 Å². The maximum Gasteiger partial charge on any atom is 0.335 e. The van der Waals surface area contributed by atoms with Gasteiger partial charge in [-0.3, -0.25) is 4.79 Å². The minimum Gasteiger partial charge on any atom is -0.478 e. The maximum absolute atomic E-state index is 12.3. The molecule has 0 saturated heterocycles. The summed E-state index contributed by atoms with van der Waals surface area (Å²) in [6, 6.07) is 6.07. The summed E-state index contributed by atoms with van der Waals surface area (Å²) in [7, 11) is 0. The molecule has 0 aliphatic carbocycles. The van der Waals surface area contributed by atoms with E-state index in [-0.39, 0.29) is 30.0 Å². The molecule has 1 amide bonds. The first-order valence-electron chi connectivity index (χ1n) is 6.49. The van der Waals surface area contributed by atoms with Crippen molar-refractivity contribution in [1.82, 2.24) is 0 Å². The normalized spacial score (nSPS) is 11.2. The standard InChI is InChI=1S/C15H21NO4/c1-15(2,3)10-13(18)16(8-9-17)12-6-4-11(5-7-12)14(19)20/h4-7,17H,8-10H2,1-3H3,(H,19,20). The Kier molecular flexibility index (Phi) is 5.27. The lowest BCUT2D eigenvalue weighted by molar-refractivity contribution is -0.120. The Balaban J connectivity index is 2.95. The third-order valence-corrected chi connectivity index (χ3v) is 2.73. The fourth-order valence-corrected chi connectivity index (χ4v) is 1.83. The smallest absolute Gasteiger partial charge is 0.335 e. The Morgan fingerprint density at radius 3 is 2.10 bits per heavy atom. The lowest BCUT2D eigenvalue weighted by Crippen LogP contribution is -2.35. The topological polar surface area (TPSA) is 77.8 Å². The molecule has 2 N–H and O–H groups in total. The number of aliphatic hydroxyl groups is 1. The highest BCUT2D eigenvalue weighted by molar-refractivity contribution is 5.94. The van der Waals surface area contributed by atoms with Gasteiger partial charge in [-0.15, -0.1) is 0 Å². The Hall–Kier alpha value is -1.88. The third-order valence-electron chi connectivity index (χ3n) is 2.73. The number of benzene rings is 1. The van der Waals surface area contributed by atoms with Crippen LogP contribution in [0.5, 0.6) is 0 Å². The fraction of sp³-hybridized carbons (Fsp3) is 0.467. The molecule has 5 heteroatoms. The van der Waals surface area contributed by atoms with E-state index in [0.717, 1.165) is 0 Å². The van der Waals surface area contributed by atoms with Crippen molar-refractivity contribution in [2.24, 2.45) is 5.41 Å². The highest BCUT2D eigenvalue weighted by Crippen LogP contribution is 2.23. The van der Waals surface area contributed by atoms with Crippen LogP contribution >= 0.6 is 0 Å². The summed E-state index contributed by atoms with van der Waals surface area (Å²) in [6.45, 7) is 5.96. The quantitative estimate of drug-likeness (QED) is 0.865. The molecule has 0 aliphatic heterocycles. The number of anilines is 1. The molecule has 0 aromatic heterocycles. The highest BCUT2D eigenvalue weighted by Gasteiger charge is 2.22. The second-order valence-electron chi connectivity index (χ2n) is 5.86. The van der Waals surface area contributed by atoms with Gasteiger partial charge in [-0.1, -0.05) is 20.8 Å². The Morgan fingerprint density at radius 1 is 1.15 bits per heavy atom. The van der Waals surface area contributed by atoms with Crippen LogP contribution in [-0.2, 0) is 4.79 Å². The number of amides is 1. The van der Waals surface area contributed by atoms with Gasteiger partial charge in [-0.25, -0.2) is 4.79 Å². The number of aliphatic hydroxyl groups excluding tert-OH is 1. The van der Waals surface area contributed by atoms with Crippen molar-refractivity contribution in [3.05, 3.63) is 29.8 Å². The van der Waals surface area contributed by atoms with Crippen LogP contribution in [0.2, 0.25) is 0 Å². The van der Waals surface area contributed by atoms with Gasteiger partial charge in [0, 0.05) is 18.7 Å². The SMILES string of the molecule is CC(C)(C)CC(=O)N(CCO)c1ccc(C(=O)O)cc1. The molecule has 1 aromatic rings. The molecule has 0 aliphatic rings. The summed E-state index contributed by atoms with van der Waals surface area (Å²) < 4.78 is 0. The molecular formula is C15H21NO4. The Labute approximate surface area is 118 Å². The van der Waals surface area contributed by atoms with Crippen molar-refractivity contribution in [2.45, 2.75) is 27.2 Å². The van der Waals surface area contributed by atoms with Crippen LogP contribution in [0.15, 0.2) is 24.3 Å². The number of carbonyl (C=O) groups excluding carboxylic acids is 1. The lowest BCUT2D eigenvalue weighted by atomic mass is 9.91. The largest absolute Gasteiger partial charge is 0.478 e. The second-order valence-corrected chi connectivity index (χ2v) is 5.86. The van der Waals surface area contributed by atoms with E-state index < -0.39 is 5.97 Å². The van der Waals surface area contributed by atoms with Gasteiger partial charge in [0.1, 0.15) is 0 Å². The number of carbonyl (C=O) groups is 2. The first-order chi connectivity index (χ1) is 9.24. The van der Waals surface area contributed by atoms with Crippen LogP contribution in [0.4, 0.5) is 5.69 Å². The molecule has 1 rings (SSSR count). The van der Waals surface area contributed by atoms with E-state index in [1.807, 2.05) is 20.8 Å². The van der Waals surface area contributed by atoms with Gasteiger partial charge in [0.25, 0.3) is 0 Å². The molecule has 0 radical (unpaired) electrons. The Bertz CT molecular complexity index is 474. The molecule has 0 bridgehead atoms. The number of hydrogen-bond acceptors (Lipinski definition) is 3. The lowest BCUT2D eigenvalue weighted by Gasteiger charge is -2.26. The predicted octanol–water partition coefficient (Wildman–Crippen LogP) is 2.15. The summed E-state index contributed by atoms with van der Waals surface area (Å²) in [5.74, 6) is -1.10. The van der Waals surface area contributed by atoms with Gasteiger partial charge in [0.2, 0.25) is 5.91 Å². The molecule has 0 atom stereocenters. The minimum absolute atomic E-state index is 0.0883.